The van der Waals surface area contributed by atoms with Gasteiger partial charge in [0.1, 0.15) is 0 Å². The maximum atomic E-state index is 10.4. The molecule has 0 aromatic carbocycles. The standard InChI is InChI=1S/C7H12O5/c1-3-5(2)4-11-7(10)12-6(8)9/h5H,3-4H2,1-2H3,(H,8,9). The van der Waals surface area contributed by atoms with Crippen molar-refractivity contribution >= 4 is 12.3 Å². The van der Waals surface area contributed by atoms with Gasteiger partial charge in [0.25, 0.3) is 0 Å². The van der Waals surface area contributed by atoms with Crippen molar-refractivity contribution in [1.29, 1.82) is 0 Å². The molecule has 0 saturated carbocycles. The first-order valence-electron chi connectivity index (χ1n) is 3.63. The van der Waals surface area contributed by atoms with Crippen LogP contribution in [0.4, 0.5) is 9.59 Å². The van der Waals surface area contributed by atoms with Crippen molar-refractivity contribution in [3.05, 3.63) is 0 Å². The smallest absolute Gasteiger partial charge is 0.449 e. The van der Waals surface area contributed by atoms with E-state index in [1.54, 1.807) is 0 Å². The number of rotatable bonds is 3. The molecule has 5 nitrogen and oxygen atoms in total. The molecule has 1 atom stereocenters. The van der Waals surface area contributed by atoms with Crippen LogP contribution in [0.3, 0.4) is 0 Å². The van der Waals surface area contributed by atoms with Gasteiger partial charge in [0.05, 0.1) is 6.61 Å². The van der Waals surface area contributed by atoms with Crippen LogP contribution in [0.25, 0.3) is 0 Å². The Morgan fingerprint density at radius 2 is 2.08 bits per heavy atom. The first-order chi connectivity index (χ1) is 5.56. The molecule has 0 amide bonds. The van der Waals surface area contributed by atoms with E-state index < -0.39 is 12.3 Å². The highest BCUT2D eigenvalue weighted by Gasteiger charge is 2.10. The molecule has 5 heteroatoms. The summed E-state index contributed by atoms with van der Waals surface area (Å²) in [7, 11) is 0. The lowest BCUT2D eigenvalue weighted by Crippen LogP contribution is -2.15. The van der Waals surface area contributed by atoms with E-state index >= 15 is 0 Å². The summed E-state index contributed by atoms with van der Waals surface area (Å²) in [5, 5.41) is 7.98. The third-order valence-corrected chi connectivity index (χ3v) is 1.35. The second-order valence-corrected chi connectivity index (χ2v) is 2.44. The third-order valence-electron chi connectivity index (χ3n) is 1.35. The molecule has 0 aliphatic heterocycles. The molecule has 70 valence electrons. The summed E-state index contributed by atoms with van der Waals surface area (Å²) in [5.74, 6) is 0.214. The molecule has 0 bridgehead atoms. The highest BCUT2D eigenvalue weighted by Crippen LogP contribution is 2.01. The van der Waals surface area contributed by atoms with Gasteiger partial charge in [-0.05, 0) is 5.92 Å². The van der Waals surface area contributed by atoms with Crippen LogP contribution < -0.4 is 0 Å². The van der Waals surface area contributed by atoms with Gasteiger partial charge in [0, 0.05) is 0 Å². The number of carbonyl (C=O) groups excluding carboxylic acids is 1. The second-order valence-electron chi connectivity index (χ2n) is 2.44. The summed E-state index contributed by atoms with van der Waals surface area (Å²) in [6.07, 6.45) is -1.95. The van der Waals surface area contributed by atoms with E-state index in [1.807, 2.05) is 13.8 Å². The molecule has 0 aliphatic carbocycles. The van der Waals surface area contributed by atoms with Gasteiger partial charge in [-0.1, -0.05) is 20.3 Å². The van der Waals surface area contributed by atoms with Crippen molar-refractivity contribution in [3.63, 3.8) is 0 Å². The largest absolute Gasteiger partial charge is 0.518 e. The van der Waals surface area contributed by atoms with E-state index in [4.69, 9.17) is 5.11 Å². The Labute approximate surface area is 70.3 Å². The van der Waals surface area contributed by atoms with Crippen molar-refractivity contribution < 1.29 is 24.2 Å². The molecule has 0 aromatic heterocycles. The molecule has 0 rings (SSSR count). The Hall–Kier alpha value is -1.26. The van der Waals surface area contributed by atoms with E-state index in [-0.39, 0.29) is 12.5 Å². The number of hydrogen-bond acceptors (Lipinski definition) is 4. The zero-order valence-corrected chi connectivity index (χ0v) is 7.07. The number of ether oxygens (including phenoxy) is 2. The Balaban J connectivity index is 3.50. The maximum Gasteiger partial charge on any atom is 0.518 e. The lowest BCUT2D eigenvalue weighted by atomic mass is 10.1. The summed E-state index contributed by atoms with van der Waals surface area (Å²) in [6, 6.07) is 0. The summed E-state index contributed by atoms with van der Waals surface area (Å²) >= 11 is 0. The Kier molecular flexibility index (Phi) is 4.83. The van der Waals surface area contributed by atoms with Gasteiger partial charge in [-0.25, -0.2) is 9.59 Å². The molecular formula is C7H12O5. The van der Waals surface area contributed by atoms with Crippen molar-refractivity contribution in [2.45, 2.75) is 20.3 Å². The molecule has 0 radical (unpaired) electrons. The molecular weight excluding hydrogens is 164 g/mol. The SMILES string of the molecule is CCC(C)COC(=O)OC(=O)O. The molecule has 0 saturated heterocycles. The molecule has 12 heavy (non-hydrogen) atoms. The van der Waals surface area contributed by atoms with E-state index in [0.29, 0.717) is 0 Å². The summed E-state index contributed by atoms with van der Waals surface area (Å²) < 4.78 is 8.16. The average Bonchev–Trinajstić information content (AvgIpc) is 1.99. The van der Waals surface area contributed by atoms with E-state index in [9.17, 15) is 9.59 Å². The normalized spacial score (nSPS) is 11.8. The average molecular weight is 176 g/mol. The fraction of sp³-hybridized carbons (Fsp3) is 0.714. The Morgan fingerprint density at radius 1 is 1.50 bits per heavy atom. The second kappa shape index (κ2) is 5.40. The Bertz CT molecular complexity index is 165. The molecule has 1 N–H and O–H groups in total. The van der Waals surface area contributed by atoms with Crippen molar-refractivity contribution in [2.24, 2.45) is 5.92 Å². The molecule has 0 fully saturated rings. The number of hydrogen-bond donors (Lipinski definition) is 1. The number of carbonyl (C=O) groups is 2. The fourth-order valence-corrected chi connectivity index (χ4v) is 0.429. The Morgan fingerprint density at radius 3 is 2.50 bits per heavy atom. The van der Waals surface area contributed by atoms with Crippen LogP contribution in [0.15, 0.2) is 0 Å². The minimum atomic E-state index is -1.65. The van der Waals surface area contributed by atoms with Crippen LogP contribution >= 0.6 is 0 Å². The lowest BCUT2D eigenvalue weighted by Gasteiger charge is -2.07. The number of carboxylic acid groups (broad SMARTS) is 1. The topological polar surface area (TPSA) is 72.8 Å². The zero-order chi connectivity index (χ0) is 9.56. The van der Waals surface area contributed by atoms with Crippen molar-refractivity contribution in [1.82, 2.24) is 0 Å². The van der Waals surface area contributed by atoms with E-state index in [0.717, 1.165) is 6.42 Å². The quantitative estimate of drug-likeness (QED) is 0.524. The third kappa shape index (κ3) is 5.52. The van der Waals surface area contributed by atoms with Gasteiger partial charge < -0.3 is 14.6 Å². The molecule has 1 unspecified atom stereocenters. The molecule has 0 heterocycles. The van der Waals surface area contributed by atoms with Crippen molar-refractivity contribution in [3.8, 4) is 0 Å². The van der Waals surface area contributed by atoms with Gasteiger partial charge in [-0.15, -0.1) is 0 Å². The predicted octanol–water partition coefficient (Wildman–Crippen LogP) is 1.86. The first kappa shape index (κ1) is 10.7. The van der Waals surface area contributed by atoms with Crippen molar-refractivity contribution in [2.75, 3.05) is 6.61 Å². The summed E-state index contributed by atoms with van der Waals surface area (Å²) in [6.45, 7) is 4.01. The maximum absolute atomic E-state index is 10.4. The van der Waals surface area contributed by atoms with Gasteiger partial charge in [0.2, 0.25) is 0 Å². The van der Waals surface area contributed by atoms with Crippen LogP contribution in [0.5, 0.6) is 0 Å². The van der Waals surface area contributed by atoms with Gasteiger partial charge in [0.15, 0.2) is 0 Å². The molecule has 0 aromatic rings. The van der Waals surface area contributed by atoms with Gasteiger partial charge >= 0.3 is 12.3 Å². The summed E-state index contributed by atoms with van der Waals surface area (Å²) in [5.41, 5.74) is 0. The highest BCUT2D eigenvalue weighted by molar-refractivity contribution is 5.75. The van der Waals surface area contributed by atoms with Crippen LogP contribution in [-0.2, 0) is 9.47 Å². The van der Waals surface area contributed by atoms with Gasteiger partial charge in [-0.2, -0.15) is 0 Å². The van der Waals surface area contributed by atoms with E-state index in [1.165, 1.54) is 0 Å². The minimum absolute atomic E-state index is 0.183. The zero-order valence-electron chi connectivity index (χ0n) is 7.07. The van der Waals surface area contributed by atoms with Gasteiger partial charge in [-0.3, -0.25) is 0 Å². The summed E-state index contributed by atoms with van der Waals surface area (Å²) in [4.78, 5) is 20.2. The minimum Gasteiger partial charge on any atom is -0.449 e. The van der Waals surface area contributed by atoms with Crippen LogP contribution in [0.2, 0.25) is 0 Å². The molecule has 0 spiro atoms. The van der Waals surface area contributed by atoms with Crippen LogP contribution in [-0.4, -0.2) is 24.0 Å². The molecule has 0 aliphatic rings. The van der Waals surface area contributed by atoms with Crippen LogP contribution in [0, 0.1) is 5.92 Å². The lowest BCUT2D eigenvalue weighted by molar-refractivity contribution is 0.0469. The first-order valence-corrected chi connectivity index (χ1v) is 3.63. The van der Waals surface area contributed by atoms with Crippen LogP contribution in [0.1, 0.15) is 20.3 Å². The highest BCUT2D eigenvalue weighted by atomic mass is 16.8. The fourth-order valence-electron chi connectivity index (χ4n) is 0.429. The monoisotopic (exact) mass is 176 g/mol. The van der Waals surface area contributed by atoms with E-state index in [2.05, 4.69) is 9.47 Å². The predicted molar refractivity (Wildman–Crippen MR) is 39.9 cm³/mol.